The zero-order valence-corrected chi connectivity index (χ0v) is 14.2. The van der Waals surface area contributed by atoms with Gasteiger partial charge in [-0.05, 0) is 42.2 Å². The quantitative estimate of drug-likeness (QED) is 0.720. The third-order valence-electron chi connectivity index (χ3n) is 3.84. The van der Waals surface area contributed by atoms with Gasteiger partial charge in [-0.3, -0.25) is 4.79 Å². The average Bonchev–Trinajstić information content (AvgIpc) is 2.60. The molecule has 0 aliphatic carbocycles. The van der Waals surface area contributed by atoms with Gasteiger partial charge >= 0.3 is 5.97 Å². The molecule has 126 valence electrons. The van der Waals surface area contributed by atoms with E-state index in [4.69, 9.17) is 4.74 Å². The molecular formula is C21H24O3. The van der Waals surface area contributed by atoms with Gasteiger partial charge in [0.2, 0.25) is 0 Å². The van der Waals surface area contributed by atoms with Crippen LogP contribution in [0.4, 0.5) is 0 Å². The molecule has 0 radical (unpaired) electrons. The maximum atomic E-state index is 11.3. The Bertz CT molecular complexity index is 689. The van der Waals surface area contributed by atoms with Crippen LogP contribution in [0.15, 0.2) is 54.6 Å². The van der Waals surface area contributed by atoms with Crippen LogP contribution in [0.2, 0.25) is 0 Å². The zero-order valence-electron chi connectivity index (χ0n) is 14.2. The summed E-state index contributed by atoms with van der Waals surface area (Å²) in [5.41, 5.74) is 2.80. The van der Waals surface area contributed by atoms with Gasteiger partial charge < -0.3 is 9.84 Å². The SMILES string of the molecule is CCCC=Cc1cc(OCc2ccccc2)cc(C(C)C(=O)O)c1. The van der Waals surface area contributed by atoms with Crippen molar-refractivity contribution in [2.75, 3.05) is 0 Å². The highest BCUT2D eigenvalue weighted by Gasteiger charge is 2.15. The lowest BCUT2D eigenvalue weighted by molar-refractivity contribution is -0.138. The fourth-order valence-corrected chi connectivity index (χ4v) is 2.35. The second-order valence-electron chi connectivity index (χ2n) is 5.86. The summed E-state index contributed by atoms with van der Waals surface area (Å²) in [5.74, 6) is -0.706. The predicted molar refractivity (Wildman–Crippen MR) is 97.2 cm³/mol. The fourth-order valence-electron chi connectivity index (χ4n) is 2.35. The van der Waals surface area contributed by atoms with Crippen molar-refractivity contribution < 1.29 is 14.6 Å². The number of carboxylic acids is 1. The minimum Gasteiger partial charge on any atom is -0.489 e. The number of aliphatic carboxylic acids is 1. The van der Waals surface area contributed by atoms with Crippen molar-refractivity contribution in [2.45, 2.75) is 39.2 Å². The first-order valence-corrected chi connectivity index (χ1v) is 8.31. The number of carboxylic acid groups (broad SMARTS) is 1. The van der Waals surface area contributed by atoms with Crippen molar-refractivity contribution in [3.05, 3.63) is 71.3 Å². The molecule has 3 nitrogen and oxygen atoms in total. The maximum absolute atomic E-state index is 11.3. The van der Waals surface area contributed by atoms with Gasteiger partial charge in [0, 0.05) is 0 Å². The second-order valence-corrected chi connectivity index (χ2v) is 5.86. The number of rotatable bonds is 8. The summed E-state index contributed by atoms with van der Waals surface area (Å²) in [6, 6.07) is 15.6. The molecule has 0 heterocycles. The summed E-state index contributed by atoms with van der Waals surface area (Å²) in [4.78, 5) is 11.3. The molecule has 0 aromatic heterocycles. The molecule has 1 unspecified atom stereocenters. The van der Waals surface area contributed by atoms with Crippen molar-refractivity contribution in [3.63, 3.8) is 0 Å². The van der Waals surface area contributed by atoms with Crippen molar-refractivity contribution in [3.8, 4) is 5.75 Å². The minimum atomic E-state index is -0.835. The fraction of sp³-hybridized carbons (Fsp3) is 0.286. The first-order chi connectivity index (χ1) is 11.6. The molecule has 0 amide bonds. The topological polar surface area (TPSA) is 46.5 Å². The Hall–Kier alpha value is -2.55. The Morgan fingerprint density at radius 1 is 1.21 bits per heavy atom. The van der Waals surface area contributed by atoms with E-state index in [0.29, 0.717) is 12.4 Å². The summed E-state index contributed by atoms with van der Waals surface area (Å²) in [6.45, 7) is 4.28. The summed E-state index contributed by atoms with van der Waals surface area (Å²) in [6.07, 6.45) is 6.21. The Morgan fingerprint density at radius 2 is 1.96 bits per heavy atom. The largest absolute Gasteiger partial charge is 0.489 e. The second kappa shape index (κ2) is 8.92. The van der Waals surface area contributed by atoms with Crippen molar-refractivity contribution >= 4 is 12.0 Å². The van der Waals surface area contributed by atoms with E-state index < -0.39 is 11.9 Å². The number of allylic oxidation sites excluding steroid dienone is 1. The number of benzene rings is 2. The molecule has 0 saturated carbocycles. The van der Waals surface area contributed by atoms with Crippen LogP contribution in [0, 0.1) is 0 Å². The lowest BCUT2D eigenvalue weighted by Crippen LogP contribution is -2.08. The van der Waals surface area contributed by atoms with E-state index in [0.717, 1.165) is 29.5 Å². The average molecular weight is 324 g/mol. The molecule has 0 aliphatic heterocycles. The molecule has 0 fully saturated rings. The van der Waals surface area contributed by atoms with Gasteiger partial charge in [0.15, 0.2) is 0 Å². The first kappa shape index (κ1) is 17.8. The van der Waals surface area contributed by atoms with Crippen molar-refractivity contribution in [1.82, 2.24) is 0 Å². The molecule has 3 heteroatoms. The molecule has 2 rings (SSSR count). The van der Waals surface area contributed by atoms with Gasteiger partial charge in [0.1, 0.15) is 12.4 Å². The van der Waals surface area contributed by atoms with Gasteiger partial charge in [-0.2, -0.15) is 0 Å². The Balaban J connectivity index is 2.22. The molecular weight excluding hydrogens is 300 g/mol. The molecule has 0 saturated heterocycles. The third kappa shape index (κ3) is 5.27. The Labute approximate surface area is 143 Å². The minimum absolute atomic E-state index is 0.462. The van der Waals surface area contributed by atoms with Crippen LogP contribution in [0.3, 0.4) is 0 Å². The Kier molecular flexibility index (Phi) is 6.62. The van der Waals surface area contributed by atoms with Gasteiger partial charge in [-0.15, -0.1) is 0 Å². The molecule has 1 N–H and O–H groups in total. The lowest BCUT2D eigenvalue weighted by Gasteiger charge is -2.12. The Morgan fingerprint density at radius 3 is 2.62 bits per heavy atom. The first-order valence-electron chi connectivity index (χ1n) is 8.31. The summed E-state index contributed by atoms with van der Waals surface area (Å²) in [7, 11) is 0. The van der Waals surface area contributed by atoms with Crippen LogP contribution < -0.4 is 4.74 Å². The maximum Gasteiger partial charge on any atom is 0.310 e. The normalized spacial score (nSPS) is 12.2. The molecule has 0 bridgehead atoms. The van der Waals surface area contributed by atoms with Gasteiger partial charge in [-0.1, -0.05) is 61.9 Å². The van der Waals surface area contributed by atoms with Crippen LogP contribution in [-0.2, 0) is 11.4 Å². The highest BCUT2D eigenvalue weighted by molar-refractivity contribution is 5.76. The van der Waals surface area contributed by atoms with E-state index >= 15 is 0 Å². The smallest absolute Gasteiger partial charge is 0.310 e. The van der Waals surface area contributed by atoms with Gasteiger partial charge in [-0.25, -0.2) is 0 Å². The molecule has 2 aromatic carbocycles. The van der Waals surface area contributed by atoms with Crippen LogP contribution in [0.25, 0.3) is 6.08 Å². The number of ether oxygens (including phenoxy) is 1. The van der Waals surface area contributed by atoms with Crippen LogP contribution >= 0.6 is 0 Å². The third-order valence-corrected chi connectivity index (χ3v) is 3.84. The molecule has 0 spiro atoms. The van der Waals surface area contributed by atoms with Crippen molar-refractivity contribution in [1.29, 1.82) is 0 Å². The zero-order chi connectivity index (χ0) is 17.4. The van der Waals surface area contributed by atoms with E-state index in [2.05, 4.69) is 13.0 Å². The highest BCUT2D eigenvalue weighted by Crippen LogP contribution is 2.25. The summed E-state index contributed by atoms with van der Waals surface area (Å²) in [5, 5.41) is 9.28. The molecule has 2 aromatic rings. The van der Waals surface area contributed by atoms with Crippen LogP contribution in [0.1, 0.15) is 49.3 Å². The van der Waals surface area contributed by atoms with E-state index in [1.54, 1.807) is 6.92 Å². The van der Waals surface area contributed by atoms with E-state index in [-0.39, 0.29) is 0 Å². The van der Waals surface area contributed by atoms with Gasteiger partial charge in [0.25, 0.3) is 0 Å². The highest BCUT2D eigenvalue weighted by atomic mass is 16.5. The van der Waals surface area contributed by atoms with Crippen LogP contribution in [-0.4, -0.2) is 11.1 Å². The van der Waals surface area contributed by atoms with E-state index in [9.17, 15) is 9.90 Å². The van der Waals surface area contributed by atoms with Gasteiger partial charge in [0.05, 0.1) is 5.92 Å². The molecule has 0 aliphatic rings. The summed E-state index contributed by atoms with van der Waals surface area (Å²) >= 11 is 0. The van der Waals surface area contributed by atoms with Crippen molar-refractivity contribution in [2.24, 2.45) is 0 Å². The number of hydrogen-bond acceptors (Lipinski definition) is 2. The standard InChI is InChI=1S/C21H24O3/c1-3-4-6-11-18-12-19(16(2)21(22)23)14-20(13-18)24-15-17-9-7-5-8-10-17/h5-14,16H,3-4,15H2,1-2H3,(H,22,23). The molecule has 24 heavy (non-hydrogen) atoms. The predicted octanol–water partition coefficient (Wildman–Crippen LogP) is 5.27. The van der Waals surface area contributed by atoms with E-state index in [1.807, 2.05) is 54.6 Å². The number of hydrogen-bond donors (Lipinski definition) is 1. The van der Waals surface area contributed by atoms with Crippen LogP contribution in [0.5, 0.6) is 5.75 Å². The monoisotopic (exact) mass is 324 g/mol. The van der Waals surface area contributed by atoms with E-state index in [1.165, 1.54) is 0 Å². The number of unbranched alkanes of at least 4 members (excludes halogenated alkanes) is 1. The summed E-state index contributed by atoms with van der Waals surface area (Å²) < 4.78 is 5.88. The number of carbonyl (C=O) groups is 1. The molecule has 1 atom stereocenters. The lowest BCUT2D eigenvalue weighted by atomic mass is 9.98.